The molecule has 4 heterocycles. The maximum absolute atomic E-state index is 14.9. The number of fused-ring (bicyclic) bond motifs is 3. The van der Waals surface area contributed by atoms with Crippen LogP contribution in [0.15, 0.2) is 18.2 Å². The second kappa shape index (κ2) is 10.1. The first kappa shape index (κ1) is 26.4. The number of thiophene rings is 1. The van der Waals surface area contributed by atoms with Crippen molar-refractivity contribution in [1.29, 1.82) is 0 Å². The molecule has 0 saturated carbocycles. The standard InChI is InChI=1S/C24H23F6N5O2S/c1-31-19-14-7-17(27)22(37-24(28,29)30)34-23(14)38-20(19)21(36)32-5-4-11-6-16(26)18(8-15(11)25)35-9-12-2-3-13(10-35)33-12/h6-8,12-13,31,33H,2-5,9-10H2,1H3,(H,32,36). The van der Waals surface area contributed by atoms with Crippen molar-refractivity contribution in [1.82, 2.24) is 15.6 Å². The van der Waals surface area contributed by atoms with E-state index in [0.717, 1.165) is 36.3 Å². The molecule has 14 heteroatoms. The Labute approximate surface area is 217 Å². The van der Waals surface area contributed by atoms with E-state index in [9.17, 15) is 31.1 Å². The molecular formula is C24H23F6N5O2S. The van der Waals surface area contributed by atoms with Gasteiger partial charge < -0.3 is 25.6 Å². The van der Waals surface area contributed by atoms with Gasteiger partial charge in [0.05, 0.1) is 11.4 Å². The molecule has 2 bridgehead atoms. The molecule has 0 spiro atoms. The topological polar surface area (TPSA) is 78.5 Å². The summed E-state index contributed by atoms with van der Waals surface area (Å²) in [5.41, 5.74) is 0.470. The fraction of sp³-hybridized carbons (Fsp3) is 0.417. The van der Waals surface area contributed by atoms with Crippen molar-refractivity contribution in [3.05, 3.63) is 46.1 Å². The highest BCUT2D eigenvalue weighted by atomic mass is 32.1. The molecule has 2 aliphatic heterocycles. The van der Waals surface area contributed by atoms with E-state index < -0.39 is 35.6 Å². The summed E-state index contributed by atoms with van der Waals surface area (Å²) in [5.74, 6) is -4.36. The van der Waals surface area contributed by atoms with Crippen molar-refractivity contribution >= 4 is 38.8 Å². The van der Waals surface area contributed by atoms with E-state index in [-0.39, 0.29) is 57.1 Å². The average molecular weight is 560 g/mol. The number of pyridine rings is 1. The lowest BCUT2D eigenvalue weighted by Crippen LogP contribution is -2.51. The Morgan fingerprint density at radius 1 is 1.13 bits per heavy atom. The molecule has 0 radical (unpaired) electrons. The molecule has 3 aromatic rings. The van der Waals surface area contributed by atoms with Crippen molar-refractivity contribution in [2.24, 2.45) is 0 Å². The zero-order chi connectivity index (χ0) is 27.2. The minimum atomic E-state index is -5.14. The number of nitrogens with zero attached hydrogens (tertiary/aromatic N) is 2. The second-order valence-corrected chi connectivity index (χ2v) is 10.2. The number of nitrogens with one attached hydrogen (secondary N) is 3. The lowest BCUT2D eigenvalue weighted by atomic mass is 10.1. The summed E-state index contributed by atoms with van der Waals surface area (Å²) >= 11 is 0.736. The van der Waals surface area contributed by atoms with Crippen molar-refractivity contribution in [3.8, 4) is 5.88 Å². The Balaban J connectivity index is 1.27. The number of alkyl halides is 3. The van der Waals surface area contributed by atoms with E-state index in [0.29, 0.717) is 13.1 Å². The predicted octanol–water partition coefficient (Wildman–Crippen LogP) is 4.57. The Bertz CT molecular complexity index is 1370. The van der Waals surface area contributed by atoms with Gasteiger partial charge in [-0.2, -0.15) is 4.98 Å². The van der Waals surface area contributed by atoms with Crippen LogP contribution in [0.1, 0.15) is 28.1 Å². The molecule has 5 rings (SSSR count). The number of carbonyl (C=O) groups is 1. The Kier molecular flexibility index (Phi) is 7.03. The van der Waals surface area contributed by atoms with Crippen LogP contribution in [0.5, 0.6) is 5.88 Å². The molecule has 38 heavy (non-hydrogen) atoms. The van der Waals surface area contributed by atoms with Crippen molar-refractivity contribution in [3.63, 3.8) is 0 Å². The van der Waals surface area contributed by atoms with Crippen LogP contribution in [0.25, 0.3) is 10.2 Å². The highest BCUT2D eigenvalue weighted by Gasteiger charge is 2.35. The monoisotopic (exact) mass is 559 g/mol. The summed E-state index contributed by atoms with van der Waals surface area (Å²) in [6.45, 7) is 1.16. The van der Waals surface area contributed by atoms with Gasteiger partial charge in [0.15, 0.2) is 5.82 Å². The lowest BCUT2D eigenvalue weighted by molar-refractivity contribution is -0.277. The zero-order valence-corrected chi connectivity index (χ0v) is 20.8. The van der Waals surface area contributed by atoms with Gasteiger partial charge in [0.1, 0.15) is 21.3 Å². The van der Waals surface area contributed by atoms with Crippen LogP contribution in [-0.4, -0.2) is 56.0 Å². The van der Waals surface area contributed by atoms with Gasteiger partial charge in [0.2, 0.25) is 0 Å². The highest BCUT2D eigenvalue weighted by molar-refractivity contribution is 7.21. The fourth-order valence-corrected chi connectivity index (χ4v) is 6.04. The minimum absolute atomic E-state index is 0.00217. The number of benzene rings is 1. The number of amides is 1. The first-order chi connectivity index (χ1) is 18.0. The predicted molar refractivity (Wildman–Crippen MR) is 130 cm³/mol. The number of rotatable bonds is 7. The maximum Gasteiger partial charge on any atom is 0.574 e. The van der Waals surface area contributed by atoms with E-state index in [1.165, 1.54) is 13.1 Å². The molecule has 2 aliphatic rings. The third-order valence-electron chi connectivity index (χ3n) is 6.63. The first-order valence-corrected chi connectivity index (χ1v) is 12.7. The third-order valence-corrected chi connectivity index (χ3v) is 7.72. The average Bonchev–Trinajstić information content (AvgIpc) is 3.38. The number of halogens is 6. The SMILES string of the molecule is CNc1c(C(=O)NCCc2cc(F)c(N3CC4CCC(C3)N4)cc2F)sc2nc(OC(F)(F)F)c(F)cc12. The van der Waals surface area contributed by atoms with E-state index in [2.05, 4.69) is 25.7 Å². The molecule has 204 valence electrons. The summed E-state index contributed by atoms with van der Waals surface area (Å²) in [5, 5.41) is 8.85. The normalized spacial score (nSPS) is 19.2. The first-order valence-electron chi connectivity index (χ1n) is 11.9. The number of hydrogen-bond donors (Lipinski definition) is 3. The lowest BCUT2D eigenvalue weighted by Gasteiger charge is -2.34. The largest absolute Gasteiger partial charge is 0.574 e. The van der Waals surface area contributed by atoms with Gasteiger partial charge in [0.25, 0.3) is 11.8 Å². The van der Waals surface area contributed by atoms with Crippen LogP contribution in [0.3, 0.4) is 0 Å². The van der Waals surface area contributed by atoms with Crippen LogP contribution in [0.4, 0.5) is 37.7 Å². The smallest absolute Gasteiger partial charge is 0.386 e. The van der Waals surface area contributed by atoms with E-state index in [1.807, 2.05) is 4.90 Å². The molecule has 7 nitrogen and oxygen atoms in total. The third kappa shape index (κ3) is 5.32. The van der Waals surface area contributed by atoms with Gasteiger partial charge in [-0.15, -0.1) is 24.5 Å². The number of anilines is 2. The number of carbonyl (C=O) groups excluding carboxylic acids is 1. The zero-order valence-electron chi connectivity index (χ0n) is 20.0. The van der Waals surface area contributed by atoms with Gasteiger partial charge in [0, 0.05) is 50.2 Å². The van der Waals surface area contributed by atoms with Crippen molar-refractivity contribution in [2.45, 2.75) is 37.7 Å². The summed E-state index contributed by atoms with van der Waals surface area (Å²) in [4.78, 5) is 18.2. The molecule has 2 fully saturated rings. The minimum Gasteiger partial charge on any atom is -0.386 e. The van der Waals surface area contributed by atoms with Gasteiger partial charge in [-0.3, -0.25) is 4.79 Å². The van der Waals surface area contributed by atoms with Crippen molar-refractivity contribution in [2.75, 3.05) is 36.9 Å². The van der Waals surface area contributed by atoms with Crippen LogP contribution in [0.2, 0.25) is 0 Å². The highest BCUT2D eigenvalue weighted by Crippen LogP contribution is 2.38. The molecule has 3 N–H and O–H groups in total. The van der Waals surface area contributed by atoms with Crippen LogP contribution in [0, 0.1) is 17.5 Å². The van der Waals surface area contributed by atoms with E-state index in [4.69, 9.17) is 0 Å². The van der Waals surface area contributed by atoms with Gasteiger partial charge in [-0.05, 0) is 37.0 Å². The molecule has 2 unspecified atom stereocenters. The molecule has 2 saturated heterocycles. The quantitative estimate of drug-likeness (QED) is 0.369. The summed E-state index contributed by atoms with van der Waals surface area (Å²) in [6.07, 6.45) is -3.13. The van der Waals surface area contributed by atoms with Gasteiger partial charge >= 0.3 is 6.36 Å². The molecule has 2 atom stereocenters. The Morgan fingerprint density at radius 2 is 1.84 bits per heavy atom. The van der Waals surface area contributed by atoms with E-state index >= 15 is 0 Å². The molecule has 2 aromatic heterocycles. The van der Waals surface area contributed by atoms with Gasteiger partial charge in [-0.25, -0.2) is 13.2 Å². The molecule has 1 aromatic carbocycles. The summed E-state index contributed by atoms with van der Waals surface area (Å²) < 4.78 is 85.0. The maximum atomic E-state index is 14.9. The van der Waals surface area contributed by atoms with Gasteiger partial charge in [-0.1, -0.05) is 0 Å². The Hall–Kier alpha value is -3.26. The second-order valence-electron chi connectivity index (χ2n) is 9.18. The van der Waals surface area contributed by atoms with Crippen LogP contribution >= 0.6 is 11.3 Å². The number of aromatic nitrogens is 1. The number of piperazine rings is 1. The number of ether oxygens (including phenoxy) is 1. The summed E-state index contributed by atoms with van der Waals surface area (Å²) in [7, 11) is 1.46. The molecular weight excluding hydrogens is 536 g/mol. The van der Waals surface area contributed by atoms with E-state index in [1.54, 1.807) is 0 Å². The summed E-state index contributed by atoms with van der Waals surface area (Å²) in [6, 6.07) is 3.64. The van der Waals surface area contributed by atoms with Crippen molar-refractivity contribution < 1.29 is 35.9 Å². The Morgan fingerprint density at radius 3 is 2.50 bits per heavy atom. The molecule has 1 amide bonds. The number of hydrogen-bond acceptors (Lipinski definition) is 7. The fourth-order valence-electron chi connectivity index (χ4n) is 4.97. The molecule has 0 aliphatic carbocycles. The van der Waals surface area contributed by atoms with Crippen LogP contribution in [-0.2, 0) is 6.42 Å². The van der Waals surface area contributed by atoms with Crippen LogP contribution < -0.4 is 25.6 Å².